The molecule has 2 N–H and O–H groups in total. The van der Waals surface area contributed by atoms with Gasteiger partial charge in [0.05, 0.1) is 6.07 Å². The van der Waals surface area contributed by atoms with Crippen LogP contribution >= 0.6 is 0 Å². The first kappa shape index (κ1) is 10.0. The first-order valence-corrected chi connectivity index (χ1v) is 5.34. The Morgan fingerprint density at radius 1 is 1.47 bits per heavy atom. The van der Waals surface area contributed by atoms with Gasteiger partial charge in [-0.05, 0) is 17.5 Å². The second kappa shape index (κ2) is 4.81. The van der Waals surface area contributed by atoms with Crippen molar-refractivity contribution >= 4 is 5.69 Å². The van der Waals surface area contributed by atoms with Crippen molar-refractivity contribution in [2.24, 2.45) is 0 Å². The summed E-state index contributed by atoms with van der Waals surface area (Å²) in [5.41, 5.74) is 4.01. The van der Waals surface area contributed by atoms with E-state index in [2.05, 4.69) is 34.9 Å². The Labute approximate surface area is 90.1 Å². The summed E-state index contributed by atoms with van der Waals surface area (Å²) >= 11 is 0. The highest BCUT2D eigenvalue weighted by Crippen LogP contribution is 2.25. The summed E-state index contributed by atoms with van der Waals surface area (Å²) in [5, 5.41) is 15.1. The summed E-state index contributed by atoms with van der Waals surface area (Å²) in [6, 6.07) is 8.54. The molecule has 0 spiro atoms. The van der Waals surface area contributed by atoms with E-state index in [0.717, 1.165) is 26.1 Å². The minimum absolute atomic E-state index is 0.572. The second-order valence-electron chi connectivity index (χ2n) is 3.71. The second-order valence-corrected chi connectivity index (χ2v) is 3.71. The summed E-state index contributed by atoms with van der Waals surface area (Å²) < 4.78 is 0. The average Bonchev–Trinajstić information content (AvgIpc) is 2.73. The van der Waals surface area contributed by atoms with Gasteiger partial charge in [-0.15, -0.1) is 0 Å². The zero-order valence-electron chi connectivity index (χ0n) is 8.71. The SMILES string of the molecule is N#CCCNCc1cccc2c1NCC2. The van der Waals surface area contributed by atoms with Crippen molar-refractivity contribution in [2.75, 3.05) is 18.4 Å². The summed E-state index contributed by atoms with van der Waals surface area (Å²) in [6.07, 6.45) is 1.70. The van der Waals surface area contributed by atoms with Crippen LogP contribution in [0.5, 0.6) is 0 Å². The first-order chi connectivity index (χ1) is 7.42. The molecule has 2 rings (SSSR count). The van der Waals surface area contributed by atoms with Gasteiger partial charge in [0.2, 0.25) is 0 Å². The van der Waals surface area contributed by atoms with Crippen molar-refractivity contribution < 1.29 is 0 Å². The summed E-state index contributed by atoms with van der Waals surface area (Å²) in [6.45, 7) is 2.66. The van der Waals surface area contributed by atoms with Gasteiger partial charge in [-0.1, -0.05) is 18.2 Å². The third kappa shape index (κ3) is 2.28. The molecule has 0 atom stereocenters. The molecule has 0 aliphatic carbocycles. The minimum Gasteiger partial charge on any atom is -0.384 e. The fraction of sp³-hybridized carbons (Fsp3) is 0.417. The van der Waals surface area contributed by atoms with Gasteiger partial charge in [0, 0.05) is 31.7 Å². The molecule has 0 bridgehead atoms. The van der Waals surface area contributed by atoms with Gasteiger partial charge in [0.1, 0.15) is 0 Å². The van der Waals surface area contributed by atoms with Crippen LogP contribution in [0.2, 0.25) is 0 Å². The normalized spacial score (nSPS) is 13.0. The lowest BCUT2D eigenvalue weighted by molar-refractivity contribution is 0.700. The maximum atomic E-state index is 8.42. The molecule has 1 aromatic rings. The van der Waals surface area contributed by atoms with Gasteiger partial charge in [0.25, 0.3) is 0 Å². The molecule has 0 saturated heterocycles. The highest BCUT2D eigenvalue weighted by molar-refractivity contribution is 5.61. The molecule has 0 unspecified atom stereocenters. The quantitative estimate of drug-likeness (QED) is 0.728. The highest BCUT2D eigenvalue weighted by Gasteiger charge is 2.12. The number of rotatable bonds is 4. The van der Waals surface area contributed by atoms with Gasteiger partial charge in [-0.25, -0.2) is 0 Å². The van der Waals surface area contributed by atoms with Crippen molar-refractivity contribution in [3.05, 3.63) is 29.3 Å². The number of nitriles is 1. The molecular weight excluding hydrogens is 186 g/mol. The highest BCUT2D eigenvalue weighted by atomic mass is 14.9. The topological polar surface area (TPSA) is 47.9 Å². The molecule has 3 nitrogen and oxygen atoms in total. The number of nitrogens with one attached hydrogen (secondary N) is 2. The third-order valence-electron chi connectivity index (χ3n) is 2.66. The zero-order valence-corrected chi connectivity index (χ0v) is 8.71. The third-order valence-corrected chi connectivity index (χ3v) is 2.66. The smallest absolute Gasteiger partial charge is 0.0635 e. The van der Waals surface area contributed by atoms with Crippen molar-refractivity contribution in [3.63, 3.8) is 0 Å². The first-order valence-electron chi connectivity index (χ1n) is 5.34. The standard InChI is InChI=1S/C12H15N3/c13-6-2-7-14-9-11-4-1-3-10-5-8-15-12(10)11/h1,3-4,14-15H,2,5,7-9H2. The Morgan fingerprint density at radius 2 is 2.40 bits per heavy atom. The predicted octanol–water partition coefficient (Wildman–Crippen LogP) is 1.66. The Kier molecular flexibility index (Phi) is 3.21. The van der Waals surface area contributed by atoms with Crippen LogP contribution in [-0.4, -0.2) is 13.1 Å². The summed E-state index contributed by atoms with van der Waals surface area (Å²) in [4.78, 5) is 0. The number of anilines is 1. The van der Waals surface area contributed by atoms with Crippen LogP contribution in [0.3, 0.4) is 0 Å². The molecule has 1 heterocycles. The molecule has 1 aliphatic rings. The predicted molar refractivity (Wildman–Crippen MR) is 60.6 cm³/mol. The number of benzene rings is 1. The number of para-hydroxylation sites is 1. The number of fused-ring (bicyclic) bond motifs is 1. The lowest BCUT2D eigenvalue weighted by Gasteiger charge is -2.09. The van der Waals surface area contributed by atoms with Gasteiger partial charge in [-0.3, -0.25) is 0 Å². The monoisotopic (exact) mass is 201 g/mol. The summed E-state index contributed by atoms with van der Waals surface area (Å²) in [7, 11) is 0. The van der Waals surface area contributed by atoms with E-state index in [1.165, 1.54) is 16.8 Å². The van der Waals surface area contributed by atoms with Gasteiger partial charge < -0.3 is 10.6 Å². The Morgan fingerprint density at radius 3 is 3.27 bits per heavy atom. The molecule has 3 heteroatoms. The molecule has 78 valence electrons. The number of hydrogen-bond acceptors (Lipinski definition) is 3. The van der Waals surface area contributed by atoms with Crippen molar-refractivity contribution in [1.29, 1.82) is 5.26 Å². The van der Waals surface area contributed by atoms with E-state index in [4.69, 9.17) is 5.26 Å². The largest absolute Gasteiger partial charge is 0.384 e. The molecule has 0 amide bonds. The minimum atomic E-state index is 0.572. The van der Waals surface area contributed by atoms with E-state index >= 15 is 0 Å². The van der Waals surface area contributed by atoms with Crippen molar-refractivity contribution in [2.45, 2.75) is 19.4 Å². The molecule has 0 aromatic heterocycles. The molecule has 1 aliphatic heterocycles. The van der Waals surface area contributed by atoms with Crippen LogP contribution in [0, 0.1) is 11.3 Å². The van der Waals surface area contributed by atoms with Crippen LogP contribution in [0.1, 0.15) is 17.5 Å². The lowest BCUT2D eigenvalue weighted by atomic mass is 10.1. The maximum absolute atomic E-state index is 8.42. The fourth-order valence-electron chi connectivity index (χ4n) is 1.93. The summed E-state index contributed by atoms with van der Waals surface area (Å²) in [5.74, 6) is 0. The molecular formula is C12H15N3. The van der Waals surface area contributed by atoms with Crippen LogP contribution in [-0.2, 0) is 13.0 Å². The fourth-order valence-corrected chi connectivity index (χ4v) is 1.93. The Hall–Kier alpha value is -1.53. The van der Waals surface area contributed by atoms with Gasteiger partial charge in [0.15, 0.2) is 0 Å². The van der Waals surface area contributed by atoms with E-state index in [-0.39, 0.29) is 0 Å². The van der Waals surface area contributed by atoms with E-state index in [1.807, 2.05) is 0 Å². The van der Waals surface area contributed by atoms with Crippen molar-refractivity contribution in [3.8, 4) is 6.07 Å². The van der Waals surface area contributed by atoms with E-state index in [0.29, 0.717) is 6.42 Å². The van der Waals surface area contributed by atoms with E-state index < -0.39 is 0 Å². The van der Waals surface area contributed by atoms with Gasteiger partial charge in [-0.2, -0.15) is 5.26 Å². The van der Waals surface area contributed by atoms with Gasteiger partial charge >= 0.3 is 0 Å². The van der Waals surface area contributed by atoms with Crippen molar-refractivity contribution in [1.82, 2.24) is 5.32 Å². The van der Waals surface area contributed by atoms with Crippen LogP contribution in [0.25, 0.3) is 0 Å². The van der Waals surface area contributed by atoms with Crippen LogP contribution in [0.4, 0.5) is 5.69 Å². The number of hydrogen-bond donors (Lipinski definition) is 2. The zero-order chi connectivity index (χ0) is 10.5. The van der Waals surface area contributed by atoms with E-state index in [1.54, 1.807) is 0 Å². The maximum Gasteiger partial charge on any atom is 0.0635 e. The van der Waals surface area contributed by atoms with Crippen LogP contribution < -0.4 is 10.6 Å². The Balaban J connectivity index is 1.97. The molecule has 0 radical (unpaired) electrons. The molecule has 15 heavy (non-hydrogen) atoms. The Bertz CT molecular complexity index is 379. The van der Waals surface area contributed by atoms with E-state index in [9.17, 15) is 0 Å². The average molecular weight is 201 g/mol. The number of nitrogens with zero attached hydrogens (tertiary/aromatic N) is 1. The van der Waals surface area contributed by atoms with Crippen LogP contribution in [0.15, 0.2) is 18.2 Å². The molecule has 0 saturated carbocycles. The lowest BCUT2D eigenvalue weighted by Crippen LogP contribution is -2.15. The molecule has 0 fully saturated rings. The molecule has 1 aromatic carbocycles.